The molecule has 1 unspecified atom stereocenters. The summed E-state index contributed by atoms with van der Waals surface area (Å²) in [4.78, 5) is 4.18. The quantitative estimate of drug-likeness (QED) is 0.794. The molecule has 2 heterocycles. The summed E-state index contributed by atoms with van der Waals surface area (Å²) in [5, 5.41) is 0.929. The zero-order valence-electron chi connectivity index (χ0n) is 10.1. The van der Waals surface area contributed by atoms with Crippen molar-refractivity contribution in [3.63, 3.8) is 0 Å². The molecule has 1 aliphatic heterocycles. The first-order valence-corrected chi connectivity index (χ1v) is 8.67. The minimum atomic E-state index is -3.36. The largest absolute Gasteiger partial charge is 0.263 e. The van der Waals surface area contributed by atoms with Gasteiger partial charge in [-0.2, -0.15) is 4.31 Å². The lowest BCUT2D eigenvalue weighted by Gasteiger charge is -2.31. The first-order valence-electron chi connectivity index (χ1n) is 6.10. The molecular weight excluding hydrogens is 316 g/mol. The van der Waals surface area contributed by atoms with Crippen LogP contribution in [0.5, 0.6) is 0 Å². The van der Waals surface area contributed by atoms with Crippen molar-refractivity contribution < 1.29 is 8.42 Å². The maximum atomic E-state index is 12.4. The second-order valence-corrected chi connectivity index (χ2v) is 7.27. The Morgan fingerprint density at radius 3 is 3.00 bits per heavy atom. The van der Waals surface area contributed by atoms with Crippen molar-refractivity contribution in [1.29, 1.82) is 0 Å². The predicted molar refractivity (Wildman–Crippen MR) is 74.1 cm³/mol. The van der Waals surface area contributed by atoms with Gasteiger partial charge in [0.15, 0.2) is 0 Å². The molecule has 6 heteroatoms. The standard InChI is InChI=1S/C12H17BrN2O2S/c13-6-5-11-3-2-8-15(10-11)18(16,17)12-4-1-7-14-9-12/h1,4,7,9,11H,2-3,5-6,8,10H2. The van der Waals surface area contributed by atoms with Crippen LogP contribution < -0.4 is 0 Å². The molecule has 100 valence electrons. The Balaban J connectivity index is 2.15. The van der Waals surface area contributed by atoms with Crippen molar-refractivity contribution in [1.82, 2.24) is 9.29 Å². The van der Waals surface area contributed by atoms with Crippen molar-refractivity contribution in [2.24, 2.45) is 5.92 Å². The summed E-state index contributed by atoms with van der Waals surface area (Å²) in [6.45, 7) is 1.25. The van der Waals surface area contributed by atoms with E-state index in [1.54, 1.807) is 22.6 Å². The number of sulfonamides is 1. The molecule has 4 nitrogen and oxygen atoms in total. The van der Waals surface area contributed by atoms with Crippen LogP contribution in [0.3, 0.4) is 0 Å². The van der Waals surface area contributed by atoms with E-state index in [-0.39, 0.29) is 0 Å². The molecule has 0 amide bonds. The van der Waals surface area contributed by atoms with E-state index >= 15 is 0 Å². The number of nitrogens with zero attached hydrogens (tertiary/aromatic N) is 2. The van der Waals surface area contributed by atoms with Crippen LogP contribution in [0.25, 0.3) is 0 Å². The third-order valence-electron chi connectivity index (χ3n) is 3.27. The minimum Gasteiger partial charge on any atom is -0.263 e. The van der Waals surface area contributed by atoms with E-state index in [0.717, 1.165) is 24.6 Å². The van der Waals surface area contributed by atoms with Gasteiger partial charge in [0.25, 0.3) is 0 Å². The van der Waals surface area contributed by atoms with E-state index in [1.807, 2.05) is 0 Å². The molecule has 1 aromatic heterocycles. The van der Waals surface area contributed by atoms with Gasteiger partial charge in [-0.1, -0.05) is 15.9 Å². The van der Waals surface area contributed by atoms with E-state index in [4.69, 9.17) is 0 Å². The van der Waals surface area contributed by atoms with Gasteiger partial charge in [-0.3, -0.25) is 4.98 Å². The van der Waals surface area contributed by atoms with Crippen LogP contribution in [0.15, 0.2) is 29.4 Å². The van der Waals surface area contributed by atoms with Gasteiger partial charge in [0.05, 0.1) is 0 Å². The van der Waals surface area contributed by atoms with Crippen LogP contribution in [0, 0.1) is 5.92 Å². The molecule has 0 aromatic carbocycles. The fourth-order valence-corrected chi connectivity index (χ4v) is 4.45. The zero-order chi connectivity index (χ0) is 13.0. The van der Waals surface area contributed by atoms with Gasteiger partial charge < -0.3 is 0 Å². The number of pyridine rings is 1. The Labute approximate surface area is 117 Å². The van der Waals surface area contributed by atoms with Crippen molar-refractivity contribution >= 4 is 26.0 Å². The van der Waals surface area contributed by atoms with E-state index < -0.39 is 10.0 Å². The summed E-state index contributed by atoms with van der Waals surface area (Å²) < 4.78 is 26.4. The molecule has 1 saturated heterocycles. The van der Waals surface area contributed by atoms with Gasteiger partial charge in [0.2, 0.25) is 10.0 Å². The molecule has 1 aromatic rings. The Bertz CT molecular complexity index is 476. The monoisotopic (exact) mass is 332 g/mol. The van der Waals surface area contributed by atoms with Crippen LogP contribution in [-0.2, 0) is 10.0 Å². The first kappa shape index (κ1) is 14.0. The molecule has 1 aliphatic rings. The fraction of sp³-hybridized carbons (Fsp3) is 0.583. The summed E-state index contributed by atoms with van der Waals surface area (Å²) in [6.07, 6.45) is 6.09. The van der Waals surface area contributed by atoms with Crippen molar-refractivity contribution in [2.45, 2.75) is 24.2 Å². The summed E-state index contributed by atoms with van der Waals surface area (Å²) >= 11 is 3.42. The van der Waals surface area contributed by atoms with Gasteiger partial charge in [-0.15, -0.1) is 0 Å². The minimum absolute atomic E-state index is 0.296. The number of hydrogen-bond acceptors (Lipinski definition) is 3. The van der Waals surface area contributed by atoms with Gasteiger partial charge >= 0.3 is 0 Å². The normalized spacial score (nSPS) is 21.9. The number of hydrogen-bond donors (Lipinski definition) is 0. The van der Waals surface area contributed by atoms with Gasteiger partial charge in [0.1, 0.15) is 4.90 Å². The fourth-order valence-electron chi connectivity index (χ4n) is 2.28. The maximum Gasteiger partial charge on any atom is 0.244 e. The van der Waals surface area contributed by atoms with Crippen LogP contribution in [0.4, 0.5) is 0 Å². The molecule has 0 N–H and O–H groups in total. The molecule has 2 rings (SSSR count). The van der Waals surface area contributed by atoms with Gasteiger partial charge in [-0.25, -0.2) is 8.42 Å². The number of rotatable bonds is 4. The highest BCUT2D eigenvalue weighted by Gasteiger charge is 2.29. The molecule has 0 radical (unpaired) electrons. The maximum absolute atomic E-state index is 12.4. The molecule has 18 heavy (non-hydrogen) atoms. The van der Waals surface area contributed by atoms with Crippen LogP contribution in [0.1, 0.15) is 19.3 Å². The first-order chi connectivity index (χ1) is 8.64. The SMILES string of the molecule is O=S(=O)(c1cccnc1)N1CCCC(CCBr)C1. The van der Waals surface area contributed by atoms with Gasteiger partial charge in [0, 0.05) is 30.8 Å². The van der Waals surface area contributed by atoms with E-state index in [2.05, 4.69) is 20.9 Å². The van der Waals surface area contributed by atoms with E-state index in [1.165, 1.54) is 6.20 Å². The summed E-state index contributed by atoms with van der Waals surface area (Å²) in [7, 11) is -3.36. The summed E-state index contributed by atoms with van der Waals surface area (Å²) in [5.74, 6) is 0.463. The number of alkyl halides is 1. The van der Waals surface area contributed by atoms with E-state index in [0.29, 0.717) is 23.9 Å². The third-order valence-corrected chi connectivity index (χ3v) is 5.58. The molecule has 0 saturated carbocycles. The molecule has 1 fully saturated rings. The molecule has 0 aliphatic carbocycles. The Hall–Kier alpha value is -0.460. The lowest BCUT2D eigenvalue weighted by Crippen LogP contribution is -2.40. The predicted octanol–water partition coefficient (Wildman–Crippen LogP) is 2.27. The lowest BCUT2D eigenvalue weighted by molar-refractivity contribution is 0.263. The van der Waals surface area contributed by atoms with Crippen molar-refractivity contribution in [3.8, 4) is 0 Å². The summed E-state index contributed by atoms with van der Waals surface area (Å²) in [5.41, 5.74) is 0. The second kappa shape index (κ2) is 6.12. The highest BCUT2D eigenvalue weighted by atomic mass is 79.9. The van der Waals surface area contributed by atoms with Crippen molar-refractivity contribution in [3.05, 3.63) is 24.5 Å². The number of piperidine rings is 1. The Kier molecular flexibility index (Phi) is 4.75. The third kappa shape index (κ3) is 3.10. The Morgan fingerprint density at radius 2 is 2.33 bits per heavy atom. The molecule has 1 atom stereocenters. The summed E-state index contributed by atoms with van der Waals surface area (Å²) in [6, 6.07) is 3.27. The van der Waals surface area contributed by atoms with Gasteiger partial charge in [-0.05, 0) is 37.3 Å². The molecule has 0 bridgehead atoms. The Morgan fingerprint density at radius 1 is 1.50 bits per heavy atom. The lowest BCUT2D eigenvalue weighted by atomic mass is 9.97. The number of aromatic nitrogens is 1. The average molecular weight is 333 g/mol. The van der Waals surface area contributed by atoms with Crippen LogP contribution >= 0.6 is 15.9 Å². The molecular formula is C12H17BrN2O2S. The average Bonchev–Trinajstić information content (AvgIpc) is 2.40. The zero-order valence-corrected chi connectivity index (χ0v) is 12.5. The van der Waals surface area contributed by atoms with Crippen LogP contribution in [0.2, 0.25) is 0 Å². The topological polar surface area (TPSA) is 50.3 Å². The van der Waals surface area contributed by atoms with Crippen molar-refractivity contribution in [2.75, 3.05) is 18.4 Å². The second-order valence-electron chi connectivity index (χ2n) is 4.54. The van der Waals surface area contributed by atoms with Crippen LogP contribution in [-0.4, -0.2) is 36.1 Å². The highest BCUT2D eigenvalue weighted by Crippen LogP contribution is 2.25. The number of halogens is 1. The smallest absolute Gasteiger partial charge is 0.244 e. The van der Waals surface area contributed by atoms with E-state index in [9.17, 15) is 8.42 Å². The highest BCUT2D eigenvalue weighted by molar-refractivity contribution is 9.09. The molecule has 0 spiro atoms.